The van der Waals surface area contributed by atoms with Gasteiger partial charge in [-0.05, 0) is 93.3 Å². The number of rotatable bonds is 15. The maximum atomic E-state index is 13.4. The number of hydrogen-bond acceptors (Lipinski definition) is 5. The molecule has 2 atom stereocenters. The monoisotopic (exact) mass is 554 g/mol. The van der Waals surface area contributed by atoms with Crippen molar-refractivity contribution in [3.05, 3.63) is 59.2 Å². The second-order valence-electron chi connectivity index (χ2n) is 10.6. The van der Waals surface area contributed by atoms with Crippen LogP contribution >= 0.6 is 11.8 Å². The Kier molecular flexibility index (Phi) is 12.8. The van der Waals surface area contributed by atoms with E-state index >= 15 is 0 Å². The molecule has 3 rings (SSSR count). The molecule has 0 aliphatic heterocycles. The van der Waals surface area contributed by atoms with Crippen LogP contribution in [0.5, 0.6) is 0 Å². The standard InChI is InChI=1S/C32H46N2O4S/c1-5-38-22-26(34(3)25-12-7-6-8-13-25)17-15-24-16-18-28(29(21-24)27-14-10-9-11-23(27)2)31(35)33-30(32(36)37)19-20-39-4/h9-11,14,16,18,21,25-26,30H,5-8,12-13,15,17,19-20,22H2,1-4H3,(H,33,35)(H,36,37). The van der Waals surface area contributed by atoms with E-state index in [1.165, 1.54) is 37.7 Å². The van der Waals surface area contributed by atoms with Crippen LogP contribution in [0.2, 0.25) is 0 Å². The fraction of sp³-hybridized carbons (Fsp3) is 0.562. The molecule has 0 bridgehead atoms. The second-order valence-corrected chi connectivity index (χ2v) is 11.6. The molecule has 0 saturated heterocycles. The number of nitrogens with one attached hydrogen (secondary N) is 1. The van der Waals surface area contributed by atoms with E-state index < -0.39 is 12.0 Å². The van der Waals surface area contributed by atoms with Crippen LogP contribution in [-0.2, 0) is 16.0 Å². The highest BCUT2D eigenvalue weighted by Crippen LogP contribution is 2.30. The third kappa shape index (κ3) is 9.09. The van der Waals surface area contributed by atoms with Crippen molar-refractivity contribution in [2.24, 2.45) is 0 Å². The highest BCUT2D eigenvalue weighted by molar-refractivity contribution is 7.98. The van der Waals surface area contributed by atoms with Crippen LogP contribution in [0.1, 0.15) is 73.4 Å². The smallest absolute Gasteiger partial charge is 0.326 e. The van der Waals surface area contributed by atoms with Gasteiger partial charge in [0.25, 0.3) is 5.91 Å². The average Bonchev–Trinajstić information content (AvgIpc) is 2.95. The number of amides is 1. The average molecular weight is 555 g/mol. The molecule has 0 aromatic heterocycles. The minimum Gasteiger partial charge on any atom is -0.480 e. The fourth-order valence-corrected chi connectivity index (χ4v) is 6.02. The highest BCUT2D eigenvalue weighted by Gasteiger charge is 2.26. The Bertz CT molecular complexity index is 1070. The normalized spacial score (nSPS) is 15.7. The Labute approximate surface area is 238 Å². The molecule has 2 aromatic carbocycles. The molecule has 1 saturated carbocycles. The van der Waals surface area contributed by atoms with Gasteiger partial charge in [0.15, 0.2) is 0 Å². The molecule has 0 radical (unpaired) electrons. The zero-order valence-corrected chi connectivity index (χ0v) is 24.9. The van der Waals surface area contributed by atoms with Gasteiger partial charge in [0.2, 0.25) is 0 Å². The van der Waals surface area contributed by atoms with Gasteiger partial charge >= 0.3 is 5.97 Å². The van der Waals surface area contributed by atoms with Gasteiger partial charge in [-0.25, -0.2) is 4.79 Å². The summed E-state index contributed by atoms with van der Waals surface area (Å²) in [5, 5.41) is 12.4. The summed E-state index contributed by atoms with van der Waals surface area (Å²) in [4.78, 5) is 27.7. The number of carboxylic acid groups (broad SMARTS) is 1. The first-order chi connectivity index (χ1) is 18.8. The summed E-state index contributed by atoms with van der Waals surface area (Å²) in [5.41, 5.74) is 4.59. The Morgan fingerprint density at radius 1 is 1.10 bits per heavy atom. The van der Waals surface area contributed by atoms with Crippen LogP contribution in [-0.4, -0.2) is 72.3 Å². The molecule has 1 aliphatic carbocycles. The van der Waals surface area contributed by atoms with Gasteiger partial charge in [0.1, 0.15) is 6.04 Å². The molecule has 7 heteroatoms. The number of carbonyl (C=O) groups is 2. The zero-order chi connectivity index (χ0) is 28.2. The Morgan fingerprint density at radius 3 is 2.51 bits per heavy atom. The number of aryl methyl sites for hydroxylation is 2. The van der Waals surface area contributed by atoms with Crippen molar-refractivity contribution in [2.75, 3.05) is 32.3 Å². The van der Waals surface area contributed by atoms with E-state index in [1.54, 1.807) is 11.8 Å². The van der Waals surface area contributed by atoms with Crippen LogP contribution in [0.3, 0.4) is 0 Å². The molecular weight excluding hydrogens is 508 g/mol. The van der Waals surface area contributed by atoms with Gasteiger partial charge in [0.05, 0.1) is 6.61 Å². The molecule has 0 heterocycles. The van der Waals surface area contributed by atoms with Gasteiger partial charge in [-0.1, -0.05) is 55.7 Å². The summed E-state index contributed by atoms with van der Waals surface area (Å²) in [7, 11) is 2.25. The van der Waals surface area contributed by atoms with E-state index in [9.17, 15) is 14.7 Å². The first-order valence-electron chi connectivity index (χ1n) is 14.4. The number of carbonyl (C=O) groups excluding carboxylic acids is 1. The Hall–Kier alpha value is -2.35. The van der Waals surface area contributed by atoms with E-state index in [4.69, 9.17) is 4.74 Å². The van der Waals surface area contributed by atoms with Crippen molar-refractivity contribution < 1.29 is 19.4 Å². The van der Waals surface area contributed by atoms with E-state index in [0.717, 1.165) is 36.1 Å². The number of benzene rings is 2. The predicted molar refractivity (Wildman–Crippen MR) is 162 cm³/mol. The minimum atomic E-state index is -1.01. The summed E-state index contributed by atoms with van der Waals surface area (Å²) in [5.74, 6) is -0.688. The van der Waals surface area contributed by atoms with E-state index in [-0.39, 0.29) is 5.91 Å². The quantitative estimate of drug-likeness (QED) is 0.273. The number of nitrogens with zero attached hydrogens (tertiary/aromatic N) is 1. The van der Waals surface area contributed by atoms with Crippen molar-refractivity contribution >= 4 is 23.6 Å². The van der Waals surface area contributed by atoms with Gasteiger partial charge in [-0.15, -0.1) is 0 Å². The molecule has 2 unspecified atom stereocenters. The molecule has 1 amide bonds. The predicted octanol–water partition coefficient (Wildman–Crippen LogP) is 6.20. The third-order valence-corrected chi connectivity index (χ3v) is 8.63. The van der Waals surface area contributed by atoms with Crippen molar-refractivity contribution in [3.63, 3.8) is 0 Å². The van der Waals surface area contributed by atoms with E-state index in [2.05, 4.69) is 23.3 Å². The van der Waals surface area contributed by atoms with Crippen molar-refractivity contribution in [2.45, 2.75) is 83.3 Å². The summed E-state index contributed by atoms with van der Waals surface area (Å²) < 4.78 is 5.90. The van der Waals surface area contributed by atoms with Crippen LogP contribution in [0, 0.1) is 6.92 Å². The molecule has 2 N–H and O–H groups in total. The third-order valence-electron chi connectivity index (χ3n) is 7.99. The maximum Gasteiger partial charge on any atom is 0.326 e. The summed E-state index contributed by atoms with van der Waals surface area (Å²) in [6.45, 7) is 5.52. The van der Waals surface area contributed by atoms with Crippen LogP contribution in [0.4, 0.5) is 0 Å². The lowest BCUT2D eigenvalue weighted by Crippen LogP contribution is -2.44. The van der Waals surface area contributed by atoms with Crippen LogP contribution < -0.4 is 5.32 Å². The molecule has 1 fully saturated rings. The summed E-state index contributed by atoms with van der Waals surface area (Å²) >= 11 is 1.57. The number of ether oxygens (including phenoxy) is 1. The maximum absolute atomic E-state index is 13.4. The van der Waals surface area contributed by atoms with Gasteiger partial charge < -0.3 is 15.2 Å². The molecule has 1 aliphatic rings. The lowest BCUT2D eigenvalue weighted by atomic mass is 9.91. The number of aliphatic carboxylic acids is 1. The molecular formula is C32H46N2O4S. The lowest BCUT2D eigenvalue weighted by molar-refractivity contribution is -0.139. The van der Waals surface area contributed by atoms with Gasteiger partial charge in [-0.2, -0.15) is 11.8 Å². The molecule has 39 heavy (non-hydrogen) atoms. The topological polar surface area (TPSA) is 78.9 Å². The molecule has 214 valence electrons. The first kappa shape index (κ1) is 31.2. The van der Waals surface area contributed by atoms with Crippen molar-refractivity contribution in [3.8, 4) is 11.1 Å². The number of hydrogen-bond donors (Lipinski definition) is 2. The van der Waals surface area contributed by atoms with E-state index in [1.807, 2.05) is 56.5 Å². The lowest BCUT2D eigenvalue weighted by Gasteiger charge is -2.37. The molecule has 0 spiro atoms. The SMILES string of the molecule is CCOCC(CCc1ccc(C(=O)NC(CCSC)C(=O)O)c(-c2ccccc2C)c1)N(C)C1CCCCC1. The highest BCUT2D eigenvalue weighted by atomic mass is 32.2. The first-order valence-corrected chi connectivity index (χ1v) is 15.8. The summed E-state index contributed by atoms with van der Waals surface area (Å²) in [6, 6.07) is 14.1. The zero-order valence-electron chi connectivity index (χ0n) is 24.1. The number of carboxylic acids is 1. The number of thioether (sulfide) groups is 1. The number of likely N-dealkylation sites (N-methyl/N-ethyl adjacent to an activating group) is 1. The van der Waals surface area contributed by atoms with Crippen molar-refractivity contribution in [1.29, 1.82) is 0 Å². The Morgan fingerprint density at radius 2 is 1.85 bits per heavy atom. The summed E-state index contributed by atoms with van der Waals surface area (Å²) in [6.07, 6.45) is 10.6. The Balaban J connectivity index is 1.85. The largest absolute Gasteiger partial charge is 0.480 e. The van der Waals surface area contributed by atoms with Crippen molar-refractivity contribution in [1.82, 2.24) is 10.2 Å². The van der Waals surface area contributed by atoms with Crippen LogP contribution in [0.15, 0.2) is 42.5 Å². The minimum absolute atomic E-state index is 0.339. The van der Waals surface area contributed by atoms with Crippen LogP contribution in [0.25, 0.3) is 11.1 Å². The fourth-order valence-electron chi connectivity index (χ4n) is 5.55. The molecule has 2 aromatic rings. The van der Waals surface area contributed by atoms with E-state index in [0.29, 0.717) is 36.4 Å². The molecule has 6 nitrogen and oxygen atoms in total. The second kappa shape index (κ2) is 16.0. The van der Waals surface area contributed by atoms with Gasteiger partial charge in [-0.3, -0.25) is 9.69 Å². The van der Waals surface area contributed by atoms with Gasteiger partial charge in [0, 0.05) is 24.3 Å².